The van der Waals surface area contributed by atoms with E-state index in [9.17, 15) is 0 Å². The molecule has 0 amide bonds. The van der Waals surface area contributed by atoms with Gasteiger partial charge in [-0.2, -0.15) is 0 Å². The van der Waals surface area contributed by atoms with Crippen molar-refractivity contribution in [2.24, 2.45) is 5.73 Å². The van der Waals surface area contributed by atoms with Crippen molar-refractivity contribution in [3.05, 3.63) is 23.0 Å². The van der Waals surface area contributed by atoms with E-state index in [-0.39, 0.29) is 0 Å². The highest BCUT2D eigenvalue weighted by Crippen LogP contribution is 2.15. The first-order chi connectivity index (χ1) is 5.25. The topological polar surface area (TPSA) is 38.0 Å². The lowest BCUT2D eigenvalue weighted by Crippen LogP contribution is -2.25. The molecule has 3 N–H and O–H groups in total. The van der Waals surface area contributed by atoms with E-state index >= 15 is 0 Å². The summed E-state index contributed by atoms with van der Waals surface area (Å²) in [5.74, 6) is 0. The normalized spacial score (nSPS) is 20.0. The summed E-state index contributed by atoms with van der Waals surface area (Å²) in [4.78, 5) is 0. The molecule has 0 aliphatic carbocycles. The fourth-order valence-electron chi connectivity index (χ4n) is 1.27. The molecule has 0 radical (unpaired) electrons. The van der Waals surface area contributed by atoms with Gasteiger partial charge in [0.1, 0.15) is 0 Å². The van der Waals surface area contributed by atoms with Crippen molar-refractivity contribution < 1.29 is 0 Å². The average molecular weight is 152 g/mol. The van der Waals surface area contributed by atoms with Gasteiger partial charge in [0.15, 0.2) is 0 Å². The SMILES string of the molecule is C/C=C(\C)C1=C(N)CCCN1. The van der Waals surface area contributed by atoms with Crippen molar-refractivity contribution in [1.82, 2.24) is 5.32 Å². The van der Waals surface area contributed by atoms with Gasteiger partial charge in [-0.25, -0.2) is 0 Å². The van der Waals surface area contributed by atoms with Crippen molar-refractivity contribution in [2.45, 2.75) is 26.7 Å². The van der Waals surface area contributed by atoms with Crippen molar-refractivity contribution in [3.8, 4) is 0 Å². The Hall–Kier alpha value is -0.920. The van der Waals surface area contributed by atoms with Crippen LogP contribution in [0.4, 0.5) is 0 Å². The predicted octanol–water partition coefficient (Wildman–Crippen LogP) is 1.51. The van der Waals surface area contributed by atoms with Crippen molar-refractivity contribution in [1.29, 1.82) is 0 Å². The number of hydrogen-bond acceptors (Lipinski definition) is 2. The van der Waals surface area contributed by atoms with E-state index in [2.05, 4.69) is 18.3 Å². The predicted molar refractivity (Wildman–Crippen MR) is 47.9 cm³/mol. The molecular weight excluding hydrogens is 136 g/mol. The third kappa shape index (κ3) is 1.76. The molecule has 0 aromatic rings. The third-order valence-electron chi connectivity index (χ3n) is 2.07. The van der Waals surface area contributed by atoms with Crippen LogP contribution in [0.15, 0.2) is 23.0 Å². The van der Waals surface area contributed by atoms with E-state index in [4.69, 9.17) is 5.73 Å². The fraction of sp³-hybridized carbons (Fsp3) is 0.556. The molecule has 0 atom stereocenters. The van der Waals surface area contributed by atoms with Crippen LogP contribution in [0, 0.1) is 0 Å². The number of rotatable bonds is 1. The van der Waals surface area contributed by atoms with E-state index in [1.807, 2.05) is 6.92 Å². The Morgan fingerprint density at radius 2 is 2.36 bits per heavy atom. The van der Waals surface area contributed by atoms with Gasteiger partial charge < -0.3 is 11.1 Å². The van der Waals surface area contributed by atoms with Crippen LogP contribution < -0.4 is 11.1 Å². The Morgan fingerprint density at radius 1 is 1.64 bits per heavy atom. The van der Waals surface area contributed by atoms with Gasteiger partial charge in [0.2, 0.25) is 0 Å². The summed E-state index contributed by atoms with van der Waals surface area (Å²) < 4.78 is 0. The summed E-state index contributed by atoms with van der Waals surface area (Å²) in [6.07, 6.45) is 4.28. The standard InChI is InChI=1S/C9H16N2/c1-3-7(2)9-8(10)5-4-6-11-9/h3,11H,4-6,10H2,1-2H3/b7-3+. The molecule has 0 unspecified atom stereocenters. The molecule has 0 aromatic heterocycles. The molecule has 0 saturated carbocycles. The molecule has 1 heterocycles. The quantitative estimate of drug-likeness (QED) is 0.597. The highest BCUT2D eigenvalue weighted by molar-refractivity contribution is 5.32. The van der Waals surface area contributed by atoms with Crippen LogP contribution >= 0.6 is 0 Å². The molecule has 0 fully saturated rings. The zero-order valence-electron chi connectivity index (χ0n) is 7.28. The molecule has 1 aliphatic rings. The molecule has 1 aliphatic heterocycles. The second-order valence-electron chi connectivity index (χ2n) is 2.90. The lowest BCUT2D eigenvalue weighted by molar-refractivity contribution is 0.661. The molecule has 62 valence electrons. The molecule has 0 saturated heterocycles. The summed E-state index contributed by atoms with van der Waals surface area (Å²) in [5, 5.41) is 3.31. The largest absolute Gasteiger partial charge is 0.400 e. The van der Waals surface area contributed by atoms with Gasteiger partial charge in [-0.3, -0.25) is 0 Å². The van der Waals surface area contributed by atoms with Gasteiger partial charge in [0.25, 0.3) is 0 Å². The monoisotopic (exact) mass is 152 g/mol. The van der Waals surface area contributed by atoms with Crippen molar-refractivity contribution in [2.75, 3.05) is 6.54 Å². The van der Waals surface area contributed by atoms with Crippen LogP contribution in [0.1, 0.15) is 26.7 Å². The Morgan fingerprint density at radius 3 is 2.91 bits per heavy atom. The molecule has 11 heavy (non-hydrogen) atoms. The van der Waals surface area contributed by atoms with Gasteiger partial charge in [0.05, 0.1) is 5.70 Å². The minimum absolute atomic E-state index is 1.01. The summed E-state index contributed by atoms with van der Waals surface area (Å²) in [7, 11) is 0. The highest BCUT2D eigenvalue weighted by atomic mass is 14.9. The maximum atomic E-state index is 5.83. The second kappa shape index (κ2) is 3.46. The molecule has 0 bridgehead atoms. The molecular formula is C9H16N2. The first-order valence-electron chi connectivity index (χ1n) is 4.11. The third-order valence-corrected chi connectivity index (χ3v) is 2.07. The smallest absolute Gasteiger partial charge is 0.0557 e. The molecule has 2 heteroatoms. The summed E-state index contributed by atoms with van der Waals surface area (Å²) in [5.41, 5.74) is 9.24. The highest BCUT2D eigenvalue weighted by Gasteiger charge is 2.09. The number of hydrogen-bond donors (Lipinski definition) is 2. The maximum absolute atomic E-state index is 5.83. The van der Waals surface area contributed by atoms with Gasteiger partial charge >= 0.3 is 0 Å². The van der Waals surface area contributed by atoms with Gasteiger partial charge in [-0.15, -0.1) is 0 Å². The van der Waals surface area contributed by atoms with Crippen LogP contribution in [-0.2, 0) is 0 Å². The number of nitrogens with two attached hydrogens (primary N) is 1. The zero-order valence-corrected chi connectivity index (χ0v) is 7.28. The van der Waals surface area contributed by atoms with Gasteiger partial charge in [0, 0.05) is 12.2 Å². The Bertz CT molecular complexity index is 202. The summed E-state index contributed by atoms with van der Waals surface area (Å²) >= 11 is 0. The van der Waals surface area contributed by atoms with E-state index in [1.165, 1.54) is 5.57 Å². The lowest BCUT2D eigenvalue weighted by Gasteiger charge is -2.19. The average Bonchev–Trinajstić information content (AvgIpc) is 2.04. The molecule has 1 rings (SSSR count). The van der Waals surface area contributed by atoms with Crippen LogP contribution in [0.3, 0.4) is 0 Å². The first kappa shape index (κ1) is 8.18. The van der Waals surface area contributed by atoms with E-state index in [1.54, 1.807) is 0 Å². The fourth-order valence-corrected chi connectivity index (χ4v) is 1.27. The molecule has 2 nitrogen and oxygen atoms in total. The molecule has 0 spiro atoms. The lowest BCUT2D eigenvalue weighted by atomic mass is 10.1. The van der Waals surface area contributed by atoms with Crippen LogP contribution in [0.5, 0.6) is 0 Å². The van der Waals surface area contributed by atoms with Crippen molar-refractivity contribution >= 4 is 0 Å². The first-order valence-corrected chi connectivity index (χ1v) is 4.11. The van der Waals surface area contributed by atoms with E-state index in [0.717, 1.165) is 30.8 Å². The molecule has 0 aromatic carbocycles. The van der Waals surface area contributed by atoms with Gasteiger partial charge in [-0.05, 0) is 32.3 Å². The summed E-state index contributed by atoms with van der Waals surface area (Å²) in [6.45, 7) is 5.17. The Kier molecular flexibility index (Phi) is 2.58. The Labute approximate surface area is 68.2 Å². The second-order valence-corrected chi connectivity index (χ2v) is 2.90. The number of allylic oxidation sites excluding steroid dienone is 3. The van der Waals surface area contributed by atoms with Crippen LogP contribution in [-0.4, -0.2) is 6.54 Å². The zero-order chi connectivity index (χ0) is 8.27. The minimum atomic E-state index is 1.01. The minimum Gasteiger partial charge on any atom is -0.400 e. The summed E-state index contributed by atoms with van der Waals surface area (Å²) in [6, 6.07) is 0. The van der Waals surface area contributed by atoms with E-state index < -0.39 is 0 Å². The van der Waals surface area contributed by atoms with Gasteiger partial charge in [-0.1, -0.05) is 6.08 Å². The maximum Gasteiger partial charge on any atom is 0.0557 e. The van der Waals surface area contributed by atoms with E-state index in [0.29, 0.717) is 0 Å². The van der Waals surface area contributed by atoms with Crippen molar-refractivity contribution in [3.63, 3.8) is 0 Å². The van der Waals surface area contributed by atoms with Crippen LogP contribution in [0.2, 0.25) is 0 Å². The Balaban J connectivity index is 2.82. The van der Waals surface area contributed by atoms with Crippen LogP contribution in [0.25, 0.3) is 0 Å². The number of nitrogens with one attached hydrogen (secondary N) is 1.